The zero-order valence-corrected chi connectivity index (χ0v) is 14.1. The number of nitrogens with one attached hydrogen (secondary N) is 1. The molecule has 1 saturated heterocycles. The number of carbonyl (C=O) groups is 1. The summed E-state index contributed by atoms with van der Waals surface area (Å²) in [4.78, 5) is 14.7. The lowest BCUT2D eigenvalue weighted by Gasteiger charge is -2.30. The summed E-state index contributed by atoms with van der Waals surface area (Å²) in [6.45, 7) is 5.01. The van der Waals surface area contributed by atoms with Crippen LogP contribution in [-0.2, 0) is 4.74 Å². The first-order valence-electron chi connectivity index (χ1n) is 8.34. The van der Waals surface area contributed by atoms with Crippen LogP contribution in [0.15, 0.2) is 42.5 Å². The second-order valence-electron chi connectivity index (χ2n) is 5.65. The third-order valence-electron chi connectivity index (χ3n) is 4.00. The van der Waals surface area contributed by atoms with Crippen LogP contribution in [0.1, 0.15) is 17.3 Å². The van der Waals surface area contributed by atoms with Crippen LogP contribution in [0.2, 0.25) is 0 Å². The summed E-state index contributed by atoms with van der Waals surface area (Å²) < 4.78 is 24.5. The van der Waals surface area contributed by atoms with E-state index in [1.54, 1.807) is 13.0 Å². The highest BCUT2D eigenvalue weighted by Crippen LogP contribution is 2.27. The Balaban J connectivity index is 1.78. The van der Waals surface area contributed by atoms with Crippen molar-refractivity contribution < 1.29 is 18.7 Å². The van der Waals surface area contributed by atoms with Crippen molar-refractivity contribution in [3.63, 3.8) is 0 Å². The van der Waals surface area contributed by atoms with Crippen molar-refractivity contribution >= 4 is 17.3 Å². The normalized spacial score (nSPS) is 14.2. The van der Waals surface area contributed by atoms with E-state index < -0.39 is 5.82 Å². The van der Waals surface area contributed by atoms with Crippen LogP contribution >= 0.6 is 0 Å². The van der Waals surface area contributed by atoms with Crippen molar-refractivity contribution in [1.29, 1.82) is 0 Å². The van der Waals surface area contributed by atoms with E-state index in [-0.39, 0.29) is 17.2 Å². The zero-order chi connectivity index (χ0) is 17.6. The molecule has 0 spiro atoms. The smallest absolute Gasteiger partial charge is 0.255 e. The molecular weight excluding hydrogens is 323 g/mol. The molecule has 6 heteroatoms. The van der Waals surface area contributed by atoms with E-state index in [1.165, 1.54) is 12.1 Å². The van der Waals surface area contributed by atoms with Crippen LogP contribution in [0.25, 0.3) is 0 Å². The predicted octanol–water partition coefficient (Wildman–Crippen LogP) is 3.31. The highest BCUT2D eigenvalue weighted by Gasteiger charge is 2.17. The van der Waals surface area contributed by atoms with E-state index in [2.05, 4.69) is 10.2 Å². The fraction of sp³-hybridized carbons (Fsp3) is 0.316. The van der Waals surface area contributed by atoms with Gasteiger partial charge in [0.15, 0.2) is 11.6 Å². The maximum atomic E-state index is 14.0. The summed E-state index contributed by atoms with van der Waals surface area (Å²) in [7, 11) is 0. The van der Waals surface area contributed by atoms with Crippen LogP contribution in [0.3, 0.4) is 0 Å². The third-order valence-corrected chi connectivity index (χ3v) is 4.00. The average molecular weight is 344 g/mol. The topological polar surface area (TPSA) is 50.8 Å². The standard InChI is InChI=1S/C19H21FN2O3/c1-2-25-18-8-7-14(13-15(18)20)19(23)21-16-5-3-4-6-17(16)22-9-11-24-12-10-22/h3-8,13H,2,9-12H2,1H3,(H,21,23). The number of benzene rings is 2. The molecule has 0 atom stereocenters. The summed E-state index contributed by atoms with van der Waals surface area (Å²) in [6.07, 6.45) is 0. The van der Waals surface area contributed by atoms with Gasteiger partial charge < -0.3 is 19.7 Å². The van der Waals surface area contributed by atoms with Crippen LogP contribution in [0, 0.1) is 5.82 Å². The molecule has 0 radical (unpaired) electrons. The molecule has 1 heterocycles. The van der Waals surface area contributed by atoms with Gasteiger partial charge in [-0.05, 0) is 37.3 Å². The minimum atomic E-state index is -0.545. The molecule has 2 aromatic carbocycles. The van der Waals surface area contributed by atoms with E-state index in [0.29, 0.717) is 25.5 Å². The summed E-state index contributed by atoms with van der Waals surface area (Å²) in [5.74, 6) is -0.758. The Morgan fingerprint density at radius 2 is 2.00 bits per heavy atom. The van der Waals surface area contributed by atoms with Gasteiger partial charge in [-0.3, -0.25) is 4.79 Å². The lowest BCUT2D eigenvalue weighted by molar-refractivity contribution is 0.102. The predicted molar refractivity (Wildman–Crippen MR) is 95.0 cm³/mol. The quantitative estimate of drug-likeness (QED) is 0.904. The molecule has 2 aromatic rings. The van der Waals surface area contributed by atoms with Crippen molar-refractivity contribution in [2.75, 3.05) is 43.1 Å². The second kappa shape index (κ2) is 7.98. The van der Waals surface area contributed by atoms with Crippen LogP contribution in [-0.4, -0.2) is 38.8 Å². The zero-order valence-electron chi connectivity index (χ0n) is 14.1. The van der Waals surface area contributed by atoms with E-state index in [0.717, 1.165) is 18.8 Å². The van der Waals surface area contributed by atoms with Gasteiger partial charge >= 0.3 is 0 Å². The van der Waals surface area contributed by atoms with Crippen molar-refractivity contribution in [3.8, 4) is 5.75 Å². The maximum absolute atomic E-state index is 14.0. The van der Waals surface area contributed by atoms with E-state index >= 15 is 0 Å². The number of hydrogen-bond donors (Lipinski definition) is 1. The van der Waals surface area contributed by atoms with Crippen molar-refractivity contribution in [2.45, 2.75) is 6.92 Å². The highest BCUT2D eigenvalue weighted by molar-refractivity contribution is 6.06. The van der Waals surface area contributed by atoms with Gasteiger partial charge in [0, 0.05) is 18.7 Å². The van der Waals surface area contributed by atoms with Gasteiger partial charge in [-0.1, -0.05) is 12.1 Å². The van der Waals surface area contributed by atoms with E-state index in [4.69, 9.17) is 9.47 Å². The maximum Gasteiger partial charge on any atom is 0.255 e. The molecule has 1 amide bonds. The Morgan fingerprint density at radius 1 is 1.24 bits per heavy atom. The van der Waals surface area contributed by atoms with Gasteiger partial charge in [0.2, 0.25) is 0 Å². The fourth-order valence-corrected chi connectivity index (χ4v) is 2.77. The number of rotatable bonds is 5. The van der Waals surface area contributed by atoms with E-state index in [1.807, 2.05) is 24.3 Å². The number of ether oxygens (including phenoxy) is 2. The van der Waals surface area contributed by atoms with Gasteiger partial charge in [0.25, 0.3) is 5.91 Å². The number of nitrogens with zero attached hydrogens (tertiary/aromatic N) is 1. The molecule has 0 unspecified atom stereocenters. The Labute approximate surface area is 146 Å². The number of carbonyl (C=O) groups excluding carboxylic acids is 1. The van der Waals surface area contributed by atoms with Gasteiger partial charge in [-0.25, -0.2) is 4.39 Å². The second-order valence-corrected chi connectivity index (χ2v) is 5.65. The van der Waals surface area contributed by atoms with Gasteiger partial charge in [0.05, 0.1) is 31.2 Å². The number of amides is 1. The molecule has 0 saturated carbocycles. The van der Waals surface area contributed by atoms with Gasteiger partial charge in [-0.15, -0.1) is 0 Å². The molecule has 25 heavy (non-hydrogen) atoms. The molecular formula is C19H21FN2O3. The molecule has 0 aliphatic carbocycles. The monoisotopic (exact) mass is 344 g/mol. The summed E-state index contributed by atoms with van der Waals surface area (Å²) in [5.41, 5.74) is 1.88. The fourth-order valence-electron chi connectivity index (χ4n) is 2.77. The molecule has 1 aliphatic rings. The molecule has 1 N–H and O–H groups in total. The number of para-hydroxylation sites is 2. The van der Waals surface area contributed by atoms with Crippen molar-refractivity contribution in [2.24, 2.45) is 0 Å². The Kier molecular flexibility index (Phi) is 5.50. The SMILES string of the molecule is CCOc1ccc(C(=O)Nc2ccccc2N2CCOCC2)cc1F. The molecule has 0 bridgehead atoms. The number of anilines is 2. The lowest BCUT2D eigenvalue weighted by atomic mass is 10.1. The molecule has 1 aliphatic heterocycles. The molecule has 3 rings (SSSR count). The van der Waals surface area contributed by atoms with Gasteiger partial charge in [-0.2, -0.15) is 0 Å². The number of morpholine rings is 1. The summed E-state index contributed by atoms with van der Waals surface area (Å²) >= 11 is 0. The molecule has 1 fully saturated rings. The third kappa shape index (κ3) is 4.09. The van der Waals surface area contributed by atoms with E-state index in [9.17, 15) is 9.18 Å². The Hall–Kier alpha value is -2.60. The highest BCUT2D eigenvalue weighted by atomic mass is 19.1. The minimum Gasteiger partial charge on any atom is -0.491 e. The van der Waals surface area contributed by atoms with Crippen LogP contribution in [0.4, 0.5) is 15.8 Å². The van der Waals surface area contributed by atoms with Gasteiger partial charge in [0.1, 0.15) is 0 Å². The minimum absolute atomic E-state index is 0.146. The Morgan fingerprint density at radius 3 is 2.72 bits per heavy atom. The average Bonchev–Trinajstić information content (AvgIpc) is 2.64. The molecule has 5 nitrogen and oxygen atoms in total. The largest absolute Gasteiger partial charge is 0.491 e. The first-order valence-corrected chi connectivity index (χ1v) is 8.34. The van der Waals surface area contributed by atoms with Crippen LogP contribution < -0.4 is 15.0 Å². The molecule has 0 aromatic heterocycles. The lowest BCUT2D eigenvalue weighted by Crippen LogP contribution is -2.36. The van der Waals surface area contributed by atoms with Crippen molar-refractivity contribution in [3.05, 3.63) is 53.8 Å². The summed E-state index contributed by atoms with van der Waals surface area (Å²) in [6, 6.07) is 11.8. The first kappa shape index (κ1) is 17.2. The van der Waals surface area contributed by atoms with Crippen molar-refractivity contribution in [1.82, 2.24) is 0 Å². The number of hydrogen-bond acceptors (Lipinski definition) is 4. The summed E-state index contributed by atoms with van der Waals surface area (Å²) in [5, 5.41) is 2.87. The van der Waals surface area contributed by atoms with Crippen LogP contribution in [0.5, 0.6) is 5.75 Å². The number of halogens is 1. The first-order chi connectivity index (χ1) is 12.2. The molecule has 132 valence electrons. The Bertz CT molecular complexity index is 745.